The van der Waals surface area contributed by atoms with Crippen molar-refractivity contribution in [1.82, 2.24) is 9.62 Å². The Hall–Kier alpha value is -1.60. The van der Waals surface area contributed by atoms with Gasteiger partial charge in [-0.05, 0) is 25.0 Å². The zero-order valence-electron chi connectivity index (χ0n) is 14.8. The van der Waals surface area contributed by atoms with Crippen LogP contribution in [0.4, 0.5) is 0 Å². The van der Waals surface area contributed by atoms with Crippen LogP contribution >= 0.6 is 0 Å². The summed E-state index contributed by atoms with van der Waals surface area (Å²) in [6.07, 6.45) is 7.51. The molecule has 140 valence electrons. The molecule has 0 atom stereocenters. The van der Waals surface area contributed by atoms with E-state index in [4.69, 9.17) is 4.74 Å². The van der Waals surface area contributed by atoms with Gasteiger partial charge in [-0.15, -0.1) is 0 Å². The molecule has 0 unspecified atom stereocenters. The molecule has 0 bridgehead atoms. The third kappa shape index (κ3) is 7.04. The Balaban J connectivity index is 1.78. The average molecular weight is 368 g/mol. The van der Waals surface area contributed by atoms with Crippen LogP contribution in [0.1, 0.15) is 38.5 Å². The van der Waals surface area contributed by atoms with Crippen LogP contribution in [0.15, 0.2) is 30.3 Å². The summed E-state index contributed by atoms with van der Waals surface area (Å²) in [7, 11) is -3.28. The van der Waals surface area contributed by atoms with Gasteiger partial charge in [-0.3, -0.25) is 4.79 Å². The van der Waals surface area contributed by atoms with Crippen molar-refractivity contribution < 1.29 is 17.9 Å². The molecule has 1 amide bonds. The highest BCUT2D eigenvalue weighted by atomic mass is 32.2. The first kappa shape index (κ1) is 19.7. The molecule has 1 saturated carbocycles. The number of rotatable bonds is 8. The summed E-state index contributed by atoms with van der Waals surface area (Å²) in [5, 5.41) is 2.74. The fourth-order valence-electron chi connectivity index (χ4n) is 3.19. The van der Waals surface area contributed by atoms with E-state index >= 15 is 0 Å². The predicted octanol–water partition coefficient (Wildman–Crippen LogP) is 2.17. The number of carbonyl (C=O) groups is 1. The highest BCUT2D eigenvalue weighted by Crippen LogP contribution is 2.23. The van der Waals surface area contributed by atoms with E-state index in [9.17, 15) is 13.2 Å². The SMILES string of the molecule is CS(=O)(=O)N(CCNC(=O)COc1ccccc1)C1CCCCCC1. The number of amides is 1. The molecule has 0 aliphatic heterocycles. The first-order valence-corrected chi connectivity index (χ1v) is 10.7. The second-order valence-corrected chi connectivity index (χ2v) is 8.41. The van der Waals surface area contributed by atoms with Gasteiger partial charge in [-0.25, -0.2) is 8.42 Å². The molecule has 2 rings (SSSR count). The molecule has 0 saturated heterocycles. The first-order valence-electron chi connectivity index (χ1n) is 8.88. The van der Waals surface area contributed by atoms with Crippen molar-refractivity contribution >= 4 is 15.9 Å². The van der Waals surface area contributed by atoms with Crippen molar-refractivity contribution in [2.24, 2.45) is 0 Å². The Morgan fingerprint density at radius 1 is 1.16 bits per heavy atom. The number of sulfonamides is 1. The average Bonchev–Trinajstić information content (AvgIpc) is 2.86. The monoisotopic (exact) mass is 368 g/mol. The fourth-order valence-corrected chi connectivity index (χ4v) is 4.36. The van der Waals surface area contributed by atoms with E-state index in [1.807, 2.05) is 18.2 Å². The maximum absolute atomic E-state index is 12.1. The number of hydrogen-bond acceptors (Lipinski definition) is 4. The van der Waals surface area contributed by atoms with Gasteiger partial charge in [-0.1, -0.05) is 43.9 Å². The largest absolute Gasteiger partial charge is 0.484 e. The minimum absolute atomic E-state index is 0.0509. The molecule has 1 aromatic carbocycles. The van der Waals surface area contributed by atoms with Crippen molar-refractivity contribution in [2.45, 2.75) is 44.6 Å². The Kier molecular flexibility index (Phi) is 7.71. The van der Waals surface area contributed by atoms with E-state index in [0.717, 1.165) is 25.7 Å². The topological polar surface area (TPSA) is 75.7 Å². The van der Waals surface area contributed by atoms with E-state index in [0.29, 0.717) is 18.8 Å². The quantitative estimate of drug-likeness (QED) is 0.714. The minimum atomic E-state index is -3.28. The second-order valence-electron chi connectivity index (χ2n) is 6.47. The highest BCUT2D eigenvalue weighted by molar-refractivity contribution is 7.88. The maximum Gasteiger partial charge on any atom is 0.257 e. The number of carbonyl (C=O) groups excluding carboxylic acids is 1. The molecule has 6 nitrogen and oxygen atoms in total. The summed E-state index contributed by atoms with van der Waals surface area (Å²) < 4.78 is 31.2. The summed E-state index contributed by atoms with van der Waals surface area (Å²) in [6.45, 7) is 0.521. The lowest BCUT2D eigenvalue weighted by Gasteiger charge is -2.29. The molecule has 1 aliphatic carbocycles. The van der Waals surface area contributed by atoms with Gasteiger partial charge >= 0.3 is 0 Å². The van der Waals surface area contributed by atoms with Gasteiger partial charge in [0.05, 0.1) is 6.26 Å². The molecule has 1 fully saturated rings. The van der Waals surface area contributed by atoms with Gasteiger partial charge in [0.25, 0.3) is 5.91 Å². The van der Waals surface area contributed by atoms with Crippen LogP contribution < -0.4 is 10.1 Å². The lowest BCUT2D eigenvalue weighted by Crippen LogP contribution is -2.44. The van der Waals surface area contributed by atoms with Gasteiger partial charge < -0.3 is 10.1 Å². The van der Waals surface area contributed by atoms with E-state index < -0.39 is 10.0 Å². The number of para-hydroxylation sites is 1. The predicted molar refractivity (Wildman–Crippen MR) is 98.0 cm³/mol. The van der Waals surface area contributed by atoms with Crippen molar-refractivity contribution in [3.63, 3.8) is 0 Å². The summed E-state index contributed by atoms with van der Waals surface area (Å²) in [5.74, 6) is 0.382. The van der Waals surface area contributed by atoms with Gasteiger partial charge in [0.15, 0.2) is 6.61 Å². The van der Waals surface area contributed by atoms with Crippen LogP contribution in [-0.4, -0.2) is 50.6 Å². The van der Waals surface area contributed by atoms with Crippen LogP contribution in [0, 0.1) is 0 Å². The van der Waals surface area contributed by atoms with Gasteiger partial charge in [-0.2, -0.15) is 4.31 Å². The van der Waals surface area contributed by atoms with Crippen molar-refractivity contribution in [2.75, 3.05) is 26.0 Å². The van der Waals surface area contributed by atoms with Crippen LogP contribution in [0.25, 0.3) is 0 Å². The van der Waals surface area contributed by atoms with Crippen LogP contribution in [-0.2, 0) is 14.8 Å². The molecule has 1 aromatic rings. The zero-order chi connectivity index (χ0) is 18.1. The van der Waals surface area contributed by atoms with Crippen molar-refractivity contribution in [3.8, 4) is 5.75 Å². The standard InChI is InChI=1S/C18H28N2O4S/c1-25(22,23)20(16-9-5-2-3-6-10-16)14-13-19-18(21)15-24-17-11-7-4-8-12-17/h4,7-8,11-12,16H,2-3,5-6,9-10,13-15H2,1H3,(H,19,21). The molecule has 0 heterocycles. The summed E-state index contributed by atoms with van der Waals surface area (Å²) in [6, 6.07) is 9.17. The first-order chi connectivity index (χ1) is 12.0. The number of nitrogens with zero attached hydrogens (tertiary/aromatic N) is 1. The Labute approximate surface area is 150 Å². The van der Waals surface area contributed by atoms with Crippen LogP contribution in [0.3, 0.4) is 0 Å². The van der Waals surface area contributed by atoms with E-state index in [-0.39, 0.29) is 18.6 Å². The van der Waals surface area contributed by atoms with Gasteiger partial charge in [0, 0.05) is 19.1 Å². The van der Waals surface area contributed by atoms with Crippen molar-refractivity contribution in [3.05, 3.63) is 30.3 Å². The summed E-state index contributed by atoms with van der Waals surface area (Å²) in [4.78, 5) is 11.9. The number of benzene rings is 1. The van der Waals surface area contributed by atoms with E-state index in [1.54, 1.807) is 16.4 Å². The third-order valence-corrected chi connectivity index (χ3v) is 5.76. The molecule has 1 N–H and O–H groups in total. The third-order valence-electron chi connectivity index (χ3n) is 4.43. The zero-order valence-corrected chi connectivity index (χ0v) is 15.6. The molecule has 0 aromatic heterocycles. The number of hydrogen-bond donors (Lipinski definition) is 1. The smallest absolute Gasteiger partial charge is 0.257 e. The molecule has 0 radical (unpaired) electrons. The van der Waals surface area contributed by atoms with Gasteiger partial charge in [0.2, 0.25) is 10.0 Å². The Morgan fingerprint density at radius 2 is 1.80 bits per heavy atom. The van der Waals surface area contributed by atoms with Crippen LogP contribution in [0.5, 0.6) is 5.75 Å². The van der Waals surface area contributed by atoms with E-state index in [1.165, 1.54) is 19.1 Å². The Bertz CT molecular complexity index is 626. The van der Waals surface area contributed by atoms with Crippen molar-refractivity contribution in [1.29, 1.82) is 0 Å². The fraction of sp³-hybridized carbons (Fsp3) is 0.611. The number of nitrogens with one attached hydrogen (secondary N) is 1. The normalized spacial score (nSPS) is 16.4. The molecule has 0 spiro atoms. The Morgan fingerprint density at radius 3 is 2.40 bits per heavy atom. The summed E-state index contributed by atoms with van der Waals surface area (Å²) in [5.41, 5.74) is 0. The summed E-state index contributed by atoms with van der Waals surface area (Å²) >= 11 is 0. The van der Waals surface area contributed by atoms with Gasteiger partial charge in [0.1, 0.15) is 5.75 Å². The molecule has 25 heavy (non-hydrogen) atoms. The maximum atomic E-state index is 12.1. The molecular weight excluding hydrogens is 340 g/mol. The molecule has 7 heteroatoms. The lowest BCUT2D eigenvalue weighted by atomic mass is 10.1. The molecule has 1 aliphatic rings. The van der Waals surface area contributed by atoms with Crippen LogP contribution in [0.2, 0.25) is 0 Å². The lowest BCUT2D eigenvalue weighted by molar-refractivity contribution is -0.123. The molecular formula is C18H28N2O4S. The highest BCUT2D eigenvalue weighted by Gasteiger charge is 2.26. The van der Waals surface area contributed by atoms with E-state index in [2.05, 4.69) is 5.32 Å². The second kappa shape index (κ2) is 9.77. The number of ether oxygens (including phenoxy) is 1. The minimum Gasteiger partial charge on any atom is -0.484 e.